The molecule has 2 aliphatic rings. The maximum absolute atomic E-state index is 12.2. The zero-order chi connectivity index (χ0) is 17.8. The van der Waals surface area contributed by atoms with Gasteiger partial charge in [-0.25, -0.2) is 0 Å². The van der Waals surface area contributed by atoms with Gasteiger partial charge in [0.05, 0.1) is 17.2 Å². The molecule has 136 valence electrons. The third-order valence-corrected chi connectivity index (χ3v) is 5.03. The van der Waals surface area contributed by atoms with E-state index in [1.807, 2.05) is 0 Å². The van der Waals surface area contributed by atoms with E-state index in [0.29, 0.717) is 42.4 Å². The lowest BCUT2D eigenvalue weighted by molar-refractivity contribution is -0.144. The lowest BCUT2D eigenvalue weighted by Gasteiger charge is -2.28. The Hall–Kier alpha value is -1.79. The third kappa shape index (κ3) is 4.64. The molecule has 7 heteroatoms. The molecule has 1 aliphatic heterocycles. The number of rotatable bonds is 3. The highest BCUT2D eigenvalue weighted by atomic mass is 35.5. The van der Waals surface area contributed by atoms with Crippen molar-refractivity contribution in [1.82, 2.24) is 4.90 Å². The fourth-order valence-electron chi connectivity index (χ4n) is 3.26. The Morgan fingerprint density at radius 2 is 1.84 bits per heavy atom. The summed E-state index contributed by atoms with van der Waals surface area (Å²) in [5, 5.41) is 12.5. The number of carbonyl (C=O) groups is 2. The molecule has 25 heavy (non-hydrogen) atoms. The number of piperidine rings is 1. The number of likely N-dealkylation sites (tertiary alicyclic amines) is 1. The minimum absolute atomic E-state index is 0.203. The molecule has 2 fully saturated rings. The quantitative estimate of drug-likeness (QED) is 0.806. The van der Waals surface area contributed by atoms with E-state index in [9.17, 15) is 14.7 Å². The van der Waals surface area contributed by atoms with Gasteiger partial charge in [0.1, 0.15) is 5.75 Å². The molecule has 1 saturated carbocycles. The Morgan fingerprint density at radius 1 is 1.16 bits per heavy atom. The highest BCUT2D eigenvalue weighted by Gasteiger charge is 2.26. The maximum atomic E-state index is 12.2. The first-order valence-electron chi connectivity index (χ1n) is 8.77. The summed E-state index contributed by atoms with van der Waals surface area (Å²) >= 11 is 6.24. The van der Waals surface area contributed by atoms with E-state index in [-0.39, 0.29) is 6.10 Å². The molecule has 6 nitrogen and oxygen atoms in total. The van der Waals surface area contributed by atoms with Crippen molar-refractivity contribution in [3.05, 3.63) is 23.2 Å². The number of carbonyl (C=O) groups excluding carboxylic acids is 2. The van der Waals surface area contributed by atoms with Crippen molar-refractivity contribution in [1.29, 1.82) is 0 Å². The van der Waals surface area contributed by atoms with Crippen molar-refractivity contribution < 1.29 is 19.4 Å². The molecule has 1 aromatic rings. The van der Waals surface area contributed by atoms with Crippen LogP contribution in [0.25, 0.3) is 0 Å². The average Bonchev–Trinajstić information content (AvgIpc) is 3.10. The van der Waals surface area contributed by atoms with Crippen LogP contribution in [0.15, 0.2) is 18.2 Å². The summed E-state index contributed by atoms with van der Waals surface area (Å²) in [6.07, 6.45) is 5.22. The molecule has 1 heterocycles. The molecular formula is C18H23ClN2O4. The van der Waals surface area contributed by atoms with Crippen LogP contribution < -0.4 is 10.1 Å². The number of hydrogen-bond acceptors (Lipinski definition) is 4. The van der Waals surface area contributed by atoms with Crippen LogP contribution in [0.1, 0.15) is 38.5 Å². The number of anilines is 1. The molecule has 0 bridgehead atoms. The second kappa shape index (κ2) is 8.06. The van der Waals surface area contributed by atoms with Gasteiger partial charge >= 0.3 is 11.8 Å². The Bertz CT molecular complexity index is 638. The SMILES string of the molecule is O=C(Nc1ccc(OC2CCCC2)c(Cl)c1)C(=O)N1CCC(O)CC1. The highest BCUT2D eigenvalue weighted by molar-refractivity contribution is 6.39. The number of nitrogens with zero attached hydrogens (tertiary/aromatic N) is 1. The summed E-state index contributed by atoms with van der Waals surface area (Å²) in [6.45, 7) is 0.782. The lowest BCUT2D eigenvalue weighted by Crippen LogP contribution is -2.45. The summed E-state index contributed by atoms with van der Waals surface area (Å²) in [5.74, 6) is -0.686. The topological polar surface area (TPSA) is 78.9 Å². The summed E-state index contributed by atoms with van der Waals surface area (Å²) in [6, 6.07) is 5.00. The van der Waals surface area contributed by atoms with Crippen molar-refractivity contribution in [3.8, 4) is 5.75 Å². The zero-order valence-corrected chi connectivity index (χ0v) is 14.8. The van der Waals surface area contributed by atoms with Crippen LogP contribution in [0, 0.1) is 0 Å². The van der Waals surface area contributed by atoms with Gasteiger partial charge in [-0.15, -0.1) is 0 Å². The van der Waals surface area contributed by atoms with Gasteiger partial charge in [-0.3, -0.25) is 9.59 Å². The maximum Gasteiger partial charge on any atom is 0.313 e. The molecule has 1 aliphatic carbocycles. The molecule has 2 N–H and O–H groups in total. The van der Waals surface area contributed by atoms with Crippen molar-refractivity contribution in [2.45, 2.75) is 50.7 Å². The van der Waals surface area contributed by atoms with Gasteiger partial charge in [0.2, 0.25) is 0 Å². The average molecular weight is 367 g/mol. The molecule has 0 unspecified atom stereocenters. The minimum atomic E-state index is -0.697. The van der Waals surface area contributed by atoms with E-state index in [1.165, 1.54) is 17.7 Å². The molecular weight excluding hydrogens is 344 g/mol. The van der Waals surface area contributed by atoms with Crippen LogP contribution in [0.5, 0.6) is 5.75 Å². The second-order valence-electron chi connectivity index (χ2n) is 6.65. The van der Waals surface area contributed by atoms with Gasteiger partial charge in [-0.2, -0.15) is 0 Å². The monoisotopic (exact) mass is 366 g/mol. The standard InChI is InChI=1S/C18H23ClN2O4/c19-15-11-12(5-6-16(15)25-14-3-1-2-4-14)20-17(23)18(24)21-9-7-13(22)8-10-21/h5-6,11,13-14,22H,1-4,7-10H2,(H,20,23). The Kier molecular flexibility index (Phi) is 5.81. The van der Waals surface area contributed by atoms with Crippen molar-refractivity contribution in [3.63, 3.8) is 0 Å². The van der Waals surface area contributed by atoms with Gasteiger partial charge < -0.3 is 20.1 Å². The molecule has 0 aromatic heterocycles. The van der Waals surface area contributed by atoms with Crippen LogP contribution >= 0.6 is 11.6 Å². The smallest absolute Gasteiger partial charge is 0.313 e. The second-order valence-corrected chi connectivity index (χ2v) is 7.05. The summed E-state index contributed by atoms with van der Waals surface area (Å²) < 4.78 is 5.88. The molecule has 0 atom stereocenters. The fraction of sp³-hybridized carbons (Fsp3) is 0.556. The number of hydrogen-bond donors (Lipinski definition) is 2. The van der Waals surface area contributed by atoms with Crippen molar-refractivity contribution in [2.24, 2.45) is 0 Å². The number of aliphatic hydroxyl groups is 1. The third-order valence-electron chi connectivity index (χ3n) is 4.73. The normalized spacial score (nSPS) is 19.0. The van der Waals surface area contributed by atoms with E-state index in [2.05, 4.69) is 5.32 Å². The first-order chi connectivity index (χ1) is 12.0. The van der Waals surface area contributed by atoms with E-state index in [1.54, 1.807) is 18.2 Å². The summed E-state index contributed by atoms with van der Waals surface area (Å²) in [5.41, 5.74) is 0.458. The number of benzene rings is 1. The van der Waals surface area contributed by atoms with Gasteiger partial charge in [-0.05, 0) is 56.7 Å². The molecule has 1 saturated heterocycles. The fourth-order valence-corrected chi connectivity index (χ4v) is 3.48. The van der Waals surface area contributed by atoms with Gasteiger partial charge in [0, 0.05) is 18.8 Å². The predicted molar refractivity (Wildman–Crippen MR) is 94.8 cm³/mol. The molecule has 2 amide bonds. The molecule has 1 aromatic carbocycles. The predicted octanol–water partition coefficient (Wildman–Crippen LogP) is 2.58. The van der Waals surface area contributed by atoms with Crippen molar-refractivity contribution in [2.75, 3.05) is 18.4 Å². The minimum Gasteiger partial charge on any atom is -0.489 e. The number of halogens is 1. The van der Waals surface area contributed by atoms with Crippen LogP contribution in [-0.4, -0.2) is 47.1 Å². The van der Waals surface area contributed by atoms with Crippen LogP contribution in [-0.2, 0) is 9.59 Å². The van der Waals surface area contributed by atoms with E-state index >= 15 is 0 Å². The Labute approximate surface area is 152 Å². The summed E-state index contributed by atoms with van der Waals surface area (Å²) in [4.78, 5) is 25.8. The molecule has 0 radical (unpaired) electrons. The Morgan fingerprint density at radius 3 is 2.48 bits per heavy atom. The van der Waals surface area contributed by atoms with E-state index in [0.717, 1.165) is 12.8 Å². The molecule has 0 spiro atoms. The van der Waals surface area contributed by atoms with Gasteiger partial charge in [0.25, 0.3) is 0 Å². The molecule has 3 rings (SSSR count). The van der Waals surface area contributed by atoms with Crippen molar-refractivity contribution >= 4 is 29.1 Å². The first kappa shape index (κ1) is 18.0. The van der Waals surface area contributed by atoms with Crippen LogP contribution in [0.2, 0.25) is 5.02 Å². The van der Waals surface area contributed by atoms with Crippen LogP contribution in [0.4, 0.5) is 5.69 Å². The van der Waals surface area contributed by atoms with Gasteiger partial charge in [0.15, 0.2) is 0 Å². The van der Waals surface area contributed by atoms with Crippen LogP contribution in [0.3, 0.4) is 0 Å². The van der Waals surface area contributed by atoms with E-state index < -0.39 is 17.9 Å². The Balaban J connectivity index is 1.57. The largest absolute Gasteiger partial charge is 0.489 e. The van der Waals surface area contributed by atoms with E-state index in [4.69, 9.17) is 16.3 Å². The number of ether oxygens (including phenoxy) is 1. The number of amides is 2. The first-order valence-corrected chi connectivity index (χ1v) is 9.15. The number of aliphatic hydroxyl groups excluding tert-OH is 1. The zero-order valence-electron chi connectivity index (χ0n) is 14.0. The van der Waals surface area contributed by atoms with Gasteiger partial charge in [-0.1, -0.05) is 11.6 Å². The number of nitrogens with one attached hydrogen (secondary N) is 1. The lowest BCUT2D eigenvalue weighted by atomic mass is 10.1. The highest BCUT2D eigenvalue weighted by Crippen LogP contribution is 2.31. The summed E-state index contributed by atoms with van der Waals surface area (Å²) in [7, 11) is 0.